The molecule has 67 heavy (non-hydrogen) atoms. The molecule has 0 saturated heterocycles. The fourth-order valence-corrected chi connectivity index (χ4v) is 11.4. The molecule has 362 valence electrons. The molecular weight excluding hydrogens is 1120 g/mol. The molecule has 4 aromatic rings. The van der Waals surface area contributed by atoms with Crippen molar-refractivity contribution in [1.82, 2.24) is 10.6 Å². The lowest BCUT2D eigenvalue weighted by Crippen LogP contribution is -2.52. The molecule has 8 rings (SSSR count). The minimum Gasteiger partial charge on any atom is -0.468 e. The number of halogens is 4. The number of amides is 2. The SMILES string of the molecule is CC=O.COC(=O)C1(N)CCc2c(Br)cccc2C1.NC1(CO)CCc2c(Br)cccc2C1.O=CNC1(CO)CCc2c(Br)cccc2C1.O=CNC1(COC=O)CCc2c(Br)cccc2C1. The Morgan fingerprint density at radius 3 is 1.42 bits per heavy atom. The lowest BCUT2D eigenvalue weighted by atomic mass is 9.78. The molecule has 4 unspecified atom stereocenters. The summed E-state index contributed by atoms with van der Waals surface area (Å²) in [5.41, 5.74) is 19.9. The molecule has 0 aromatic heterocycles. The van der Waals surface area contributed by atoms with Crippen molar-refractivity contribution in [2.75, 3.05) is 26.9 Å². The molecule has 8 N–H and O–H groups in total. The van der Waals surface area contributed by atoms with Gasteiger partial charge in [-0.25, -0.2) is 0 Å². The van der Waals surface area contributed by atoms with Crippen molar-refractivity contribution in [3.63, 3.8) is 0 Å². The maximum atomic E-state index is 11.6. The van der Waals surface area contributed by atoms with Gasteiger partial charge in [0.1, 0.15) is 18.4 Å². The number of hydrogen-bond donors (Lipinski definition) is 6. The van der Waals surface area contributed by atoms with Crippen LogP contribution < -0.4 is 22.1 Å². The monoisotopic (exact) mass is 1180 g/mol. The number of esters is 1. The summed E-state index contributed by atoms with van der Waals surface area (Å²) in [5, 5.41) is 24.2. The van der Waals surface area contributed by atoms with Crippen LogP contribution in [0.3, 0.4) is 0 Å². The molecule has 0 radical (unpaired) electrons. The fraction of sp³-hybridized carbons (Fsp3) is 0.420. The lowest BCUT2D eigenvalue weighted by molar-refractivity contribution is -0.147. The smallest absolute Gasteiger partial charge is 0.326 e. The molecule has 4 atom stereocenters. The Hall–Kier alpha value is -3.81. The van der Waals surface area contributed by atoms with Crippen molar-refractivity contribution in [2.24, 2.45) is 11.5 Å². The molecule has 13 nitrogen and oxygen atoms in total. The van der Waals surface area contributed by atoms with Crippen molar-refractivity contribution in [3.05, 3.63) is 135 Å². The summed E-state index contributed by atoms with van der Waals surface area (Å²) < 4.78 is 14.1. The molecule has 0 spiro atoms. The molecule has 0 aliphatic heterocycles. The second-order valence-electron chi connectivity index (χ2n) is 17.3. The Morgan fingerprint density at radius 2 is 1.00 bits per heavy atom. The zero-order chi connectivity index (χ0) is 49.3. The first-order valence-corrected chi connectivity index (χ1v) is 25.0. The number of methoxy groups -OCH3 is 1. The molecule has 4 aliphatic carbocycles. The number of benzene rings is 4. The Labute approximate surface area is 426 Å². The third-order valence-corrected chi connectivity index (χ3v) is 15.7. The predicted octanol–water partition coefficient (Wildman–Crippen LogP) is 6.65. The zero-order valence-electron chi connectivity index (χ0n) is 37.8. The van der Waals surface area contributed by atoms with Gasteiger partial charge in [-0.3, -0.25) is 19.2 Å². The highest BCUT2D eigenvalue weighted by Gasteiger charge is 2.39. The third-order valence-electron chi connectivity index (χ3n) is 12.7. The van der Waals surface area contributed by atoms with Gasteiger partial charge in [0.15, 0.2) is 0 Å². The van der Waals surface area contributed by atoms with Gasteiger partial charge in [0.2, 0.25) is 12.8 Å². The molecule has 0 bridgehead atoms. The van der Waals surface area contributed by atoms with Gasteiger partial charge in [-0.1, -0.05) is 112 Å². The number of nitrogens with two attached hydrogens (primary N) is 2. The third kappa shape index (κ3) is 14.8. The molecule has 4 aliphatic rings. The van der Waals surface area contributed by atoms with Crippen LogP contribution in [-0.4, -0.2) is 90.8 Å². The second-order valence-corrected chi connectivity index (χ2v) is 20.7. The van der Waals surface area contributed by atoms with E-state index >= 15 is 0 Å². The number of aldehydes is 1. The average Bonchev–Trinajstić information content (AvgIpc) is 3.32. The summed E-state index contributed by atoms with van der Waals surface area (Å²) >= 11 is 14.1. The minimum atomic E-state index is -0.859. The van der Waals surface area contributed by atoms with Crippen molar-refractivity contribution in [1.29, 1.82) is 0 Å². The maximum absolute atomic E-state index is 11.6. The van der Waals surface area contributed by atoms with Crippen LogP contribution in [-0.2, 0) is 84.8 Å². The number of carbonyl (C=O) groups excluding carboxylic acids is 5. The van der Waals surface area contributed by atoms with Crippen molar-refractivity contribution in [2.45, 2.75) is 106 Å². The molecular formula is C50H60Br4N4O9. The minimum absolute atomic E-state index is 0.0162. The fourth-order valence-electron chi connectivity index (χ4n) is 9.00. The quantitative estimate of drug-likeness (QED) is 0.0729. The number of hydrogen-bond acceptors (Lipinski definition) is 11. The van der Waals surface area contributed by atoms with E-state index in [-0.39, 0.29) is 25.8 Å². The highest BCUT2D eigenvalue weighted by Crippen LogP contribution is 2.36. The number of aliphatic hydroxyl groups is 2. The summed E-state index contributed by atoms with van der Waals surface area (Å²) in [7, 11) is 1.38. The van der Waals surface area contributed by atoms with Gasteiger partial charge in [-0.2, -0.15) is 0 Å². The molecule has 0 fully saturated rings. The number of fused-ring (bicyclic) bond motifs is 4. The van der Waals surface area contributed by atoms with Gasteiger partial charge in [0, 0.05) is 29.9 Å². The number of carbonyl (C=O) groups is 5. The maximum Gasteiger partial charge on any atom is 0.326 e. The van der Waals surface area contributed by atoms with E-state index in [4.69, 9.17) is 25.7 Å². The normalized spacial score (nSPS) is 22.8. The standard InChI is InChI=1S/C13H14BrNO3.2C12H14BrNO2.C11H14BrNO.C2H4O/c14-12-3-1-2-10-6-13(15-8-16,7-18-9-17)5-4-11(10)12;1-16-11(15)12(14)6-5-9-8(7-12)3-2-4-10(9)13;13-11-3-1-2-9-6-12(7-15,14-8-16)5-4-10(9)11;12-10-3-1-2-8-6-11(13,7-14)5-4-9(8)10;1-2-3/h1-3,8-9H,4-7H2,(H,15,16);2-4H,5-7,14H2,1H3;1-3,8,15H,4-7H2,(H,14,16);1-3,14H,4-7,13H2;2H,1H3. The van der Waals surface area contributed by atoms with Gasteiger partial charge in [-0.15, -0.1) is 0 Å². The van der Waals surface area contributed by atoms with Crippen molar-refractivity contribution >= 4 is 95.3 Å². The number of aliphatic hydroxyl groups excluding tert-OH is 2. The average molecular weight is 1180 g/mol. The van der Waals surface area contributed by atoms with Crippen LogP contribution in [0.25, 0.3) is 0 Å². The molecule has 0 heterocycles. The van der Waals surface area contributed by atoms with Gasteiger partial charge in [-0.05, 0) is 146 Å². The second kappa shape index (κ2) is 26.2. The number of nitrogens with one attached hydrogen (secondary N) is 2. The Kier molecular flexibility index (Phi) is 21.9. The van der Waals surface area contributed by atoms with Crippen molar-refractivity contribution < 1.29 is 43.7 Å². The van der Waals surface area contributed by atoms with Gasteiger partial charge >= 0.3 is 5.97 Å². The molecule has 17 heteroatoms. The van der Waals surface area contributed by atoms with E-state index in [2.05, 4.69) is 92.6 Å². The summed E-state index contributed by atoms with van der Waals surface area (Å²) in [6.45, 7) is 2.13. The Balaban J connectivity index is 0.000000192. The lowest BCUT2D eigenvalue weighted by Gasteiger charge is -2.37. The first kappa shape index (κ1) is 55.8. The zero-order valence-corrected chi connectivity index (χ0v) is 44.1. The van der Waals surface area contributed by atoms with Crippen molar-refractivity contribution in [3.8, 4) is 0 Å². The van der Waals surface area contributed by atoms with Crippen LogP contribution in [0, 0.1) is 0 Å². The Bertz CT molecular complexity index is 2340. The summed E-state index contributed by atoms with van der Waals surface area (Å²) in [5.74, 6) is -0.321. The van der Waals surface area contributed by atoms with E-state index in [0.717, 1.165) is 81.1 Å². The highest BCUT2D eigenvalue weighted by atomic mass is 79.9. The van der Waals surface area contributed by atoms with E-state index in [9.17, 15) is 29.4 Å². The van der Waals surface area contributed by atoms with Gasteiger partial charge in [0.25, 0.3) is 6.47 Å². The first-order chi connectivity index (χ1) is 32.0. The topological polar surface area (TPSA) is 220 Å². The summed E-state index contributed by atoms with van der Waals surface area (Å²) in [4.78, 5) is 52.1. The summed E-state index contributed by atoms with van der Waals surface area (Å²) in [6, 6.07) is 24.3. The summed E-state index contributed by atoms with van der Waals surface area (Å²) in [6.07, 6.45) is 11.3. The highest BCUT2D eigenvalue weighted by molar-refractivity contribution is 9.11. The van der Waals surface area contributed by atoms with E-state index < -0.39 is 22.2 Å². The molecule has 2 amide bonds. The van der Waals surface area contributed by atoms with Crippen LogP contribution >= 0.6 is 63.7 Å². The largest absolute Gasteiger partial charge is 0.468 e. The predicted molar refractivity (Wildman–Crippen MR) is 272 cm³/mol. The van der Waals surface area contributed by atoms with E-state index in [0.29, 0.717) is 45.0 Å². The van der Waals surface area contributed by atoms with E-state index in [1.807, 2.05) is 54.6 Å². The molecule has 0 saturated carbocycles. The van der Waals surface area contributed by atoms with Crippen LogP contribution in [0.15, 0.2) is 90.7 Å². The molecule has 4 aromatic carbocycles. The number of ether oxygens (including phenoxy) is 2. The van der Waals surface area contributed by atoms with Gasteiger partial charge in [0.05, 0.1) is 31.4 Å². The van der Waals surface area contributed by atoms with E-state index in [1.165, 1.54) is 53.0 Å². The van der Waals surface area contributed by atoms with Crippen LogP contribution in [0.1, 0.15) is 77.1 Å². The number of rotatable bonds is 10. The van der Waals surface area contributed by atoms with E-state index in [1.54, 1.807) is 0 Å². The van der Waals surface area contributed by atoms with Crippen LogP contribution in [0.2, 0.25) is 0 Å². The van der Waals surface area contributed by atoms with Crippen LogP contribution in [0.4, 0.5) is 0 Å². The Morgan fingerprint density at radius 1 is 0.612 bits per heavy atom. The van der Waals surface area contributed by atoms with Crippen LogP contribution in [0.5, 0.6) is 0 Å². The van der Waals surface area contributed by atoms with Gasteiger partial charge < -0.3 is 46.6 Å². The first-order valence-electron chi connectivity index (χ1n) is 21.8.